The van der Waals surface area contributed by atoms with Gasteiger partial charge in [-0.05, 0) is 37.8 Å². The van der Waals surface area contributed by atoms with E-state index in [2.05, 4.69) is 36.5 Å². The second kappa shape index (κ2) is 6.18. The molecule has 0 aromatic heterocycles. The molecule has 0 saturated heterocycles. The van der Waals surface area contributed by atoms with Crippen LogP contribution in [-0.4, -0.2) is 18.7 Å². The second-order valence-electron chi connectivity index (χ2n) is 4.95. The summed E-state index contributed by atoms with van der Waals surface area (Å²) in [6.07, 6.45) is 5.08. The molecule has 0 atom stereocenters. The van der Waals surface area contributed by atoms with Crippen molar-refractivity contribution in [3.05, 3.63) is 35.9 Å². The van der Waals surface area contributed by atoms with E-state index in [0.717, 1.165) is 26.2 Å². The van der Waals surface area contributed by atoms with E-state index in [1.807, 2.05) is 6.07 Å². The molecule has 0 amide bonds. The average Bonchev–Trinajstić information content (AvgIpc) is 3.16. The van der Waals surface area contributed by atoms with Gasteiger partial charge in [-0.15, -0.1) is 0 Å². The van der Waals surface area contributed by atoms with Crippen LogP contribution in [0.25, 0.3) is 0 Å². The Kier molecular flexibility index (Phi) is 4.57. The first kappa shape index (κ1) is 12.6. The highest BCUT2D eigenvalue weighted by Gasteiger charge is 2.39. The van der Waals surface area contributed by atoms with Crippen molar-refractivity contribution in [2.24, 2.45) is 0 Å². The lowest BCUT2D eigenvalue weighted by Crippen LogP contribution is -2.31. The van der Waals surface area contributed by atoms with Gasteiger partial charge in [-0.3, -0.25) is 0 Å². The molecule has 0 unspecified atom stereocenters. The topological polar surface area (TPSA) is 21.3 Å². The molecule has 1 aromatic rings. The first-order valence-electron chi connectivity index (χ1n) is 6.71. The van der Waals surface area contributed by atoms with Crippen LogP contribution >= 0.6 is 0 Å². The summed E-state index contributed by atoms with van der Waals surface area (Å²) < 4.78 is 5.65. The van der Waals surface area contributed by atoms with Crippen LogP contribution in [-0.2, 0) is 11.3 Å². The SMILES string of the molecule is CCC1(NCCCOCc2ccccc2)CC1. The van der Waals surface area contributed by atoms with Crippen molar-refractivity contribution < 1.29 is 4.74 Å². The minimum atomic E-state index is 0.499. The molecule has 2 rings (SSSR count). The summed E-state index contributed by atoms with van der Waals surface area (Å²) in [6.45, 7) is 4.94. The third-order valence-corrected chi connectivity index (χ3v) is 3.61. The van der Waals surface area contributed by atoms with E-state index in [0.29, 0.717) is 5.54 Å². The Morgan fingerprint density at radius 1 is 1.24 bits per heavy atom. The molecule has 0 bridgehead atoms. The monoisotopic (exact) mass is 233 g/mol. The molecule has 2 heteroatoms. The van der Waals surface area contributed by atoms with Gasteiger partial charge in [0.15, 0.2) is 0 Å². The minimum Gasteiger partial charge on any atom is -0.377 e. The summed E-state index contributed by atoms with van der Waals surface area (Å²) in [5, 5.41) is 3.64. The predicted octanol–water partition coefficient (Wildman–Crippen LogP) is 3.13. The molecular weight excluding hydrogens is 210 g/mol. The summed E-state index contributed by atoms with van der Waals surface area (Å²) in [7, 11) is 0. The molecule has 17 heavy (non-hydrogen) atoms. The van der Waals surface area contributed by atoms with Gasteiger partial charge in [-0.25, -0.2) is 0 Å². The van der Waals surface area contributed by atoms with Crippen LogP contribution in [0.3, 0.4) is 0 Å². The summed E-state index contributed by atoms with van der Waals surface area (Å²) >= 11 is 0. The molecule has 1 N–H and O–H groups in total. The number of rotatable bonds is 8. The molecule has 1 fully saturated rings. The van der Waals surface area contributed by atoms with Crippen LogP contribution in [0.15, 0.2) is 30.3 Å². The Labute approximate surface area is 104 Å². The lowest BCUT2D eigenvalue weighted by Gasteiger charge is -2.14. The van der Waals surface area contributed by atoms with Crippen molar-refractivity contribution in [2.75, 3.05) is 13.2 Å². The highest BCUT2D eigenvalue weighted by molar-refractivity contribution is 5.13. The molecule has 0 aliphatic heterocycles. The lowest BCUT2D eigenvalue weighted by molar-refractivity contribution is 0.117. The highest BCUT2D eigenvalue weighted by atomic mass is 16.5. The van der Waals surface area contributed by atoms with E-state index in [-0.39, 0.29) is 0 Å². The Balaban J connectivity index is 1.50. The van der Waals surface area contributed by atoms with Crippen molar-refractivity contribution in [1.82, 2.24) is 5.32 Å². The Bertz CT molecular complexity index is 319. The fraction of sp³-hybridized carbons (Fsp3) is 0.600. The van der Waals surface area contributed by atoms with E-state index in [1.54, 1.807) is 0 Å². The lowest BCUT2D eigenvalue weighted by atomic mass is 10.2. The average molecular weight is 233 g/mol. The Morgan fingerprint density at radius 3 is 2.65 bits per heavy atom. The van der Waals surface area contributed by atoms with Gasteiger partial charge >= 0.3 is 0 Å². The molecular formula is C15H23NO. The first-order valence-corrected chi connectivity index (χ1v) is 6.71. The maximum Gasteiger partial charge on any atom is 0.0716 e. The zero-order valence-corrected chi connectivity index (χ0v) is 10.7. The number of ether oxygens (including phenoxy) is 1. The maximum absolute atomic E-state index is 5.65. The van der Waals surface area contributed by atoms with Crippen LogP contribution in [0.5, 0.6) is 0 Å². The minimum absolute atomic E-state index is 0.499. The van der Waals surface area contributed by atoms with E-state index >= 15 is 0 Å². The van der Waals surface area contributed by atoms with Crippen molar-refractivity contribution in [3.8, 4) is 0 Å². The van der Waals surface area contributed by atoms with Gasteiger partial charge in [0, 0.05) is 12.1 Å². The summed E-state index contributed by atoms with van der Waals surface area (Å²) in [5.74, 6) is 0. The van der Waals surface area contributed by atoms with Gasteiger partial charge in [0.2, 0.25) is 0 Å². The van der Waals surface area contributed by atoms with Crippen molar-refractivity contribution in [2.45, 2.75) is 44.8 Å². The van der Waals surface area contributed by atoms with Crippen LogP contribution in [0, 0.1) is 0 Å². The van der Waals surface area contributed by atoms with Gasteiger partial charge in [-0.1, -0.05) is 37.3 Å². The van der Waals surface area contributed by atoms with Crippen LogP contribution in [0.4, 0.5) is 0 Å². The van der Waals surface area contributed by atoms with E-state index < -0.39 is 0 Å². The Hall–Kier alpha value is -0.860. The standard InChI is InChI=1S/C15H23NO/c1-2-15(9-10-15)16-11-6-12-17-13-14-7-4-3-5-8-14/h3-5,7-8,16H,2,6,9-13H2,1H3. The second-order valence-corrected chi connectivity index (χ2v) is 4.95. The van der Waals surface area contributed by atoms with Gasteiger partial charge < -0.3 is 10.1 Å². The molecule has 1 aromatic carbocycles. The quantitative estimate of drug-likeness (QED) is 0.697. The van der Waals surface area contributed by atoms with Crippen molar-refractivity contribution in [1.29, 1.82) is 0 Å². The van der Waals surface area contributed by atoms with Crippen LogP contribution < -0.4 is 5.32 Å². The number of hydrogen-bond acceptors (Lipinski definition) is 2. The molecule has 0 spiro atoms. The maximum atomic E-state index is 5.65. The molecule has 0 radical (unpaired) electrons. The zero-order valence-electron chi connectivity index (χ0n) is 10.7. The van der Waals surface area contributed by atoms with E-state index in [1.165, 1.54) is 24.8 Å². The zero-order chi connectivity index (χ0) is 12.0. The largest absolute Gasteiger partial charge is 0.377 e. The van der Waals surface area contributed by atoms with E-state index in [4.69, 9.17) is 4.74 Å². The number of nitrogens with one attached hydrogen (secondary N) is 1. The predicted molar refractivity (Wildman–Crippen MR) is 71.0 cm³/mol. The highest BCUT2D eigenvalue weighted by Crippen LogP contribution is 2.38. The molecule has 1 saturated carbocycles. The smallest absolute Gasteiger partial charge is 0.0716 e. The molecule has 1 aliphatic rings. The van der Waals surface area contributed by atoms with E-state index in [9.17, 15) is 0 Å². The first-order chi connectivity index (χ1) is 8.35. The molecule has 94 valence electrons. The van der Waals surface area contributed by atoms with Crippen molar-refractivity contribution in [3.63, 3.8) is 0 Å². The molecule has 0 heterocycles. The fourth-order valence-corrected chi connectivity index (χ4v) is 2.10. The fourth-order valence-electron chi connectivity index (χ4n) is 2.10. The van der Waals surface area contributed by atoms with Gasteiger partial charge in [0.25, 0.3) is 0 Å². The third kappa shape index (κ3) is 4.14. The van der Waals surface area contributed by atoms with Gasteiger partial charge in [-0.2, -0.15) is 0 Å². The number of hydrogen-bond donors (Lipinski definition) is 1. The Morgan fingerprint density at radius 2 is 2.00 bits per heavy atom. The summed E-state index contributed by atoms with van der Waals surface area (Å²) in [6, 6.07) is 10.4. The van der Waals surface area contributed by atoms with Crippen molar-refractivity contribution >= 4 is 0 Å². The summed E-state index contributed by atoms with van der Waals surface area (Å²) in [4.78, 5) is 0. The van der Waals surface area contributed by atoms with Crippen LogP contribution in [0.2, 0.25) is 0 Å². The summed E-state index contributed by atoms with van der Waals surface area (Å²) in [5.41, 5.74) is 1.76. The molecule has 2 nitrogen and oxygen atoms in total. The molecule has 1 aliphatic carbocycles. The third-order valence-electron chi connectivity index (χ3n) is 3.61. The van der Waals surface area contributed by atoms with Crippen LogP contribution in [0.1, 0.15) is 38.2 Å². The number of benzene rings is 1. The van der Waals surface area contributed by atoms with Gasteiger partial charge in [0.05, 0.1) is 6.61 Å². The van der Waals surface area contributed by atoms with Gasteiger partial charge in [0.1, 0.15) is 0 Å². The normalized spacial score (nSPS) is 17.0.